The molecule has 0 radical (unpaired) electrons. The molecule has 2 aliphatic rings. The van der Waals surface area contributed by atoms with Gasteiger partial charge in [-0.3, -0.25) is 4.79 Å². The smallest absolute Gasteiger partial charge is 0.222 e. The molecule has 1 aromatic carbocycles. The van der Waals surface area contributed by atoms with Gasteiger partial charge < -0.3 is 19.9 Å². The molecule has 0 aliphatic carbocycles. The third kappa shape index (κ3) is 4.48. The number of hydrogen-bond donors (Lipinski definition) is 1. The number of nitrogens with one attached hydrogen (secondary N) is 1. The van der Waals surface area contributed by atoms with Crippen LogP contribution < -0.4 is 10.2 Å². The Hall–Kier alpha value is -1.59. The van der Waals surface area contributed by atoms with Crippen LogP contribution in [0, 0.1) is 0 Å². The van der Waals surface area contributed by atoms with E-state index in [2.05, 4.69) is 41.4 Å². The Kier molecular flexibility index (Phi) is 6.10. The van der Waals surface area contributed by atoms with E-state index in [1.54, 1.807) is 0 Å². The molecule has 2 unspecified atom stereocenters. The Balaban J connectivity index is 1.33. The molecule has 1 N–H and O–H groups in total. The lowest BCUT2D eigenvalue weighted by molar-refractivity contribution is -0.131. The van der Waals surface area contributed by atoms with Gasteiger partial charge in [-0.2, -0.15) is 0 Å². The van der Waals surface area contributed by atoms with Crippen LogP contribution in [0.25, 0.3) is 0 Å². The van der Waals surface area contributed by atoms with E-state index >= 15 is 0 Å². The summed E-state index contributed by atoms with van der Waals surface area (Å²) in [7, 11) is 0. The second-order valence-electron chi connectivity index (χ2n) is 6.73. The zero-order valence-corrected chi connectivity index (χ0v) is 14.6. The van der Waals surface area contributed by atoms with Crippen molar-refractivity contribution in [3.05, 3.63) is 30.3 Å². The highest BCUT2D eigenvalue weighted by molar-refractivity contribution is 5.76. The summed E-state index contributed by atoms with van der Waals surface area (Å²) < 4.78 is 5.54. The Bertz CT molecular complexity index is 515. The van der Waals surface area contributed by atoms with Gasteiger partial charge in [0.1, 0.15) is 0 Å². The lowest BCUT2D eigenvalue weighted by Crippen LogP contribution is -2.48. The molecule has 2 saturated heterocycles. The fourth-order valence-electron chi connectivity index (χ4n) is 3.54. The first-order chi connectivity index (χ1) is 11.7. The first kappa shape index (κ1) is 17.2. The number of anilines is 1. The second kappa shape index (κ2) is 8.49. The van der Waals surface area contributed by atoms with E-state index in [1.165, 1.54) is 5.69 Å². The zero-order chi connectivity index (χ0) is 16.8. The first-order valence-corrected chi connectivity index (χ1v) is 9.17. The minimum absolute atomic E-state index is 0.292. The van der Waals surface area contributed by atoms with Crippen molar-refractivity contribution in [3.63, 3.8) is 0 Å². The second-order valence-corrected chi connectivity index (χ2v) is 6.73. The Labute approximate surface area is 145 Å². The summed E-state index contributed by atoms with van der Waals surface area (Å²) in [5.74, 6) is 0.292. The van der Waals surface area contributed by atoms with Gasteiger partial charge in [-0.25, -0.2) is 0 Å². The molecule has 2 atom stereocenters. The first-order valence-electron chi connectivity index (χ1n) is 9.17. The molecule has 132 valence electrons. The molecule has 0 aromatic heterocycles. The summed E-state index contributed by atoms with van der Waals surface area (Å²) in [4.78, 5) is 16.7. The summed E-state index contributed by atoms with van der Waals surface area (Å²) in [6.07, 6.45) is 2.92. The molecule has 3 rings (SSSR count). The van der Waals surface area contributed by atoms with E-state index in [1.807, 2.05) is 11.0 Å². The number of hydrogen-bond acceptors (Lipinski definition) is 4. The SMILES string of the molecule is CC1OCCC1NCCCC(=O)N1CCN(c2ccccc2)CC1. The summed E-state index contributed by atoms with van der Waals surface area (Å²) in [5, 5.41) is 3.51. The number of carbonyl (C=O) groups is 1. The van der Waals surface area contributed by atoms with Gasteiger partial charge in [0.25, 0.3) is 0 Å². The molecular weight excluding hydrogens is 302 g/mol. The molecule has 0 bridgehead atoms. The minimum Gasteiger partial charge on any atom is -0.377 e. The molecule has 2 aliphatic heterocycles. The number of rotatable bonds is 6. The predicted octanol–water partition coefficient (Wildman–Crippen LogP) is 1.88. The van der Waals surface area contributed by atoms with Crippen LogP contribution in [-0.2, 0) is 9.53 Å². The Morgan fingerprint density at radius 2 is 1.96 bits per heavy atom. The predicted molar refractivity (Wildman–Crippen MR) is 96.3 cm³/mol. The van der Waals surface area contributed by atoms with Crippen LogP contribution in [0.4, 0.5) is 5.69 Å². The van der Waals surface area contributed by atoms with Crippen LogP contribution >= 0.6 is 0 Å². The van der Waals surface area contributed by atoms with E-state index in [0.717, 1.165) is 52.2 Å². The number of ether oxygens (including phenoxy) is 1. The fraction of sp³-hybridized carbons (Fsp3) is 0.632. The monoisotopic (exact) mass is 331 g/mol. The van der Waals surface area contributed by atoms with Gasteiger partial charge in [0.2, 0.25) is 5.91 Å². The van der Waals surface area contributed by atoms with Gasteiger partial charge >= 0.3 is 0 Å². The van der Waals surface area contributed by atoms with Crippen LogP contribution in [0.2, 0.25) is 0 Å². The maximum absolute atomic E-state index is 12.4. The lowest BCUT2D eigenvalue weighted by Gasteiger charge is -2.36. The van der Waals surface area contributed by atoms with Crippen LogP contribution in [0.3, 0.4) is 0 Å². The number of amides is 1. The number of piperazine rings is 1. The van der Waals surface area contributed by atoms with Crippen LogP contribution in [0.5, 0.6) is 0 Å². The number of carbonyl (C=O) groups excluding carboxylic acids is 1. The average Bonchev–Trinajstić information content (AvgIpc) is 3.04. The Morgan fingerprint density at radius 3 is 2.62 bits per heavy atom. The molecule has 5 heteroatoms. The van der Waals surface area contributed by atoms with Gasteiger partial charge in [0, 0.05) is 50.9 Å². The van der Waals surface area contributed by atoms with Gasteiger partial charge in [0.15, 0.2) is 0 Å². The largest absolute Gasteiger partial charge is 0.377 e. The van der Waals surface area contributed by atoms with Gasteiger partial charge in [-0.1, -0.05) is 18.2 Å². The molecular formula is C19H29N3O2. The topological polar surface area (TPSA) is 44.8 Å². The van der Waals surface area contributed by atoms with Crippen molar-refractivity contribution in [1.29, 1.82) is 0 Å². The van der Waals surface area contributed by atoms with Crippen LogP contribution in [-0.4, -0.2) is 62.3 Å². The van der Waals surface area contributed by atoms with Crippen molar-refractivity contribution in [2.24, 2.45) is 0 Å². The lowest BCUT2D eigenvalue weighted by atomic mass is 10.1. The highest BCUT2D eigenvalue weighted by Gasteiger charge is 2.24. The molecule has 2 fully saturated rings. The van der Waals surface area contributed by atoms with Crippen molar-refractivity contribution < 1.29 is 9.53 Å². The molecule has 2 heterocycles. The summed E-state index contributed by atoms with van der Waals surface area (Å²) in [5.41, 5.74) is 1.25. The minimum atomic E-state index is 0.292. The van der Waals surface area contributed by atoms with Gasteiger partial charge in [-0.15, -0.1) is 0 Å². The molecule has 0 saturated carbocycles. The molecule has 1 aromatic rings. The van der Waals surface area contributed by atoms with E-state index in [-0.39, 0.29) is 0 Å². The standard InChI is InChI=1S/C19H29N3O2/c1-16-18(9-15-24-16)20-10-5-8-19(23)22-13-11-21(12-14-22)17-6-3-2-4-7-17/h2-4,6-7,16,18,20H,5,8-15H2,1H3. The van der Waals surface area contributed by atoms with Gasteiger partial charge in [0.05, 0.1) is 6.10 Å². The normalized spacial score (nSPS) is 24.4. The molecule has 5 nitrogen and oxygen atoms in total. The average molecular weight is 331 g/mol. The highest BCUT2D eigenvalue weighted by atomic mass is 16.5. The van der Waals surface area contributed by atoms with Crippen molar-refractivity contribution in [3.8, 4) is 0 Å². The zero-order valence-electron chi connectivity index (χ0n) is 14.6. The van der Waals surface area contributed by atoms with E-state index < -0.39 is 0 Å². The number of para-hydroxylation sites is 1. The van der Waals surface area contributed by atoms with Crippen molar-refractivity contribution in [2.75, 3.05) is 44.2 Å². The number of nitrogens with zero attached hydrogens (tertiary/aromatic N) is 2. The van der Waals surface area contributed by atoms with Crippen molar-refractivity contribution >= 4 is 11.6 Å². The van der Waals surface area contributed by atoms with Crippen LogP contribution in [0.15, 0.2) is 30.3 Å². The third-order valence-electron chi connectivity index (χ3n) is 5.10. The summed E-state index contributed by atoms with van der Waals surface area (Å²) in [6, 6.07) is 10.9. The van der Waals surface area contributed by atoms with E-state index in [0.29, 0.717) is 24.5 Å². The maximum Gasteiger partial charge on any atom is 0.222 e. The van der Waals surface area contributed by atoms with E-state index in [4.69, 9.17) is 4.74 Å². The fourth-order valence-corrected chi connectivity index (χ4v) is 3.54. The maximum atomic E-state index is 12.4. The third-order valence-corrected chi connectivity index (χ3v) is 5.10. The van der Waals surface area contributed by atoms with E-state index in [9.17, 15) is 4.79 Å². The van der Waals surface area contributed by atoms with Gasteiger partial charge in [-0.05, 0) is 38.4 Å². The van der Waals surface area contributed by atoms with Crippen molar-refractivity contribution in [2.45, 2.75) is 38.3 Å². The molecule has 0 spiro atoms. The highest BCUT2D eigenvalue weighted by Crippen LogP contribution is 2.16. The Morgan fingerprint density at radius 1 is 1.21 bits per heavy atom. The quantitative estimate of drug-likeness (QED) is 0.809. The summed E-state index contributed by atoms with van der Waals surface area (Å²) >= 11 is 0. The number of benzene rings is 1. The summed E-state index contributed by atoms with van der Waals surface area (Å²) in [6.45, 7) is 7.36. The molecule has 1 amide bonds. The van der Waals surface area contributed by atoms with Crippen molar-refractivity contribution in [1.82, 2.24) is 10.2 Å². The molecule has 24 heavy (non-hydrogen) atoms. The van der Waals surface area contributed by atoms with Crippen LogP contribution in [0.1, 0.15) is 26.2 Å².